The van der Waals surface area contributed by atoms with Gasteiger partial charge in [-0.2, -0.15) is 0 Å². The van der Waals surface area contributed by atoms with Crippen molar-refractivity contribution in [3.63, 3.8) is 0 Å². The number of aliphatic hydroxyl groups is 2. The predicted molar refractivity (Wildman–Crippen MR) is 120 cm³/mol. The van der Waals surface area contributed by atoms with Gasteiger partial charge >= 0.3 is 0 Å². The number of fused-ring (bicyclic) bond motifs is 1. The highest BCUT2D eigenvalue weighted by Crippen LogP contribution is 2.47. The first kappa shape index (κ1) is 22.2. The van der Waals surface area contributed by atoms with Gasteiger partial charge in [-0.05, 0) is 70.8 Å². The fourth-order valence-corrected chi connectivity index (χ4v) is 4.91. The highest BCUT2D eigenvalue weighted by atomic mass is 16.3. The van der Waals surface area contributed by atoms with Gasteiger partial charge in [0.25, 0.3) is 0 Å². The van der Waals surface area contributed by atoms with Crippen molar-refractivity contribution in [1.82, 2.24) is 10.2 Å². The lowest BCUT2D eigenvalue weighted by Gasteiger charge is -2.19. The van der Waals surface area contributed by atoms with Crippen molar-refractivity contribution < 1.29 is 10.2 Å². The van der Waals surface area contributed by atoms with E-state index in [2.05, 4.69) is 61.6 Å². The Labute approximate surface area is 176 Å². The fraction of sp³-hybridized carbons (Fsp3) is 0.600. The zero-order chi connectivity index (χ0) is 20.8. The van der Waals surface area contributed by atoms with Crippen LogP contribution in [0.1, 0.15) is 30.4 Å². The Morgan fingerprint density at radius 1 is 1.31 bits per heavy atom. The van der Waals surface area contributed by atoms with E-state index in [4.69, 9.17) is 0 Å². The van der Waals surface area contributed by atoms with E-state index in [-0.39, 0.29) is 12.0 Å². The van der Waals surface area contributed by atoms with Crippen LogP contribution in [-0.2, 0) is 6.42 Å². The summed E-state index contributed by atoms with van der Waals surface area (Å²) in [5.41, 5.74) is 3.85. The Hall–Kier alpha value is -1.46. The van der Waals surface area contributed by atoms with Crippen molar-refractivity contribution in [3.8, 4) is 0 Å². The van der Waals surface area contributed by atoms with Crippen molar-refractivity contribution in [2.24, 2.45) is 17.8 Å². The van der Waals surface area contributed by atoms with Crippen molar-refractivity contribution in [1.29, 1.82) is 0 Å². The Bertz CT molecular complexity index is 713. The Kier molecular flexibility index (Phi) is 8.07. The van der Waals surface area contributed by atoms with Gasteiger partial charge < -0.3 is 20.4 Å². The molecule has 0 bridgehead atoms. The first-order valence-corrected chi connectivity index (χ1v) is 11.1. The van der Waals surface area contributed by atoms with Crippen LogP contribution in [0, 0.1) is 24.7 Å². The number of nitrogens with one attached hydrogen (secondary N) is 1. The van der Waals surface area contributed by atoms with Crippen molar-refractivity contribution in [2.45, 2.75) is 44.8 Å². The minimum Gasteiger partial charge on any atom is -0.392 e. The summed E-state index contributed by atoms with van der Waals surface area (Å²) < 4.78 is 0. The number of allylic oxidation sites excluding steroid dienone is 1. The first-order valence-electron chi connectivity index (χ1n) is 11.1. The average molecular weight is 399 g/mol. The molecule has 3 rings (SSSR count). The molecule has 3 N–H and O–H groups in total. The molecule has 0 spiro atoms. The highest BCUT2D eigenvalue weighted by molar-refractivity contribution is 5.24. The SMILES string of the molecule is Cc1cccc(C[C@H](O)C=C[C@@H]2[C@H]3CC(CNCCCN(C)C)=C[C@H]3C[C@H]2O)c1. The van der Waals surface area contributed by atoms with Crippen LogP contribution in [0.15, 0.2) is 48.1 Å². The molecule has 5 atom stereocenters. The number of hydrogen-bond acceptors (Lipinski definition) is 4. The molecule has 4 heteroatoms. The van der Waals surface area contributed by atoms with Gasteiger partial charge in [-0.25, -0.2) is 0 Å². The van der Waals surface area contributed by atoms with E-state index >= 15 is 0 Å². The molecule has 0 aliphatic heterocycles. The van der Waals surface area contributed by atoms with E-state index in [9.17, 15) is 10.2 Å². The summed E-state index contributed by atoms with van der Waals surface area (Å²) in [6.45, 7) is 5.19. The van der Waals surface area contributed by atoms with Crippen molar-refractivity contribution in [2.75, 3.05) is 33.7 Å². The molecule has 1 aromatic rings. The van der Waals surface area contributed by atoms with Crippen LogP contribution in [-0.4, -0.2) is 61.1 Å². The van der Waals surface area contributed by atoms with Crippen LogP contribution in [0.2, 0.25) is 0 Å². The third kappa shape index (κ3) is 6.51. The highest BCUT2D eigenvalue weighted by Gasteiger charge is 2.43. The molecule has 0 aromatic heterocycles. The van der Waals surface area contributed by atoms with Gasteiger partial charge in [-0.1, -0.05) is 53.6 Å². The standard InChI is InChI=1S/C25H38N2O2/c1-18-6-4-7-19(12-18)14-22(28)8-9-23-24-15-20(13-21(24)16-25(23)29)17-26-10-5-11-27(2)3/h4,6-9,12-13,21-26,28-29H,5,10-11,14-17H2,1-3H3/t21-,22+,23+,24-,25+/m0/s1. The second-order valence-corrected chi connectivity index (χ2v) is 9.22. The summed E-state index contributed by atoms with van der Waals surface area (Å²) >= 11 is 0. The van der Waals surface area contributed by atoms with Crippen molar-refractivity contribution in [3.05, 3.63) is 59.2 Å². The smallest absolute Gasteiger partial charge is 0.0761 e. The number of rotatable bonds is 10. The molecular formula is C25H38N2O2. The van der Waals surface area contributed by atoms with E-state index < -0.39 is 6.10 Å². The second-order valence-electron chi connectivity index (χ2n) is 9.22. The molecule has 0 saturated heterocycles. The molecular weight excluding hydrogens is 360 g/mol. The van der Waals surface area contributed by atoms with Crippen LogP contribution in [0.3, 0.4) is 0 Å². The molecule has 2 aliphatic carbocycles. The van der Waals surface area contributed by atoms with Crippen molar-refractivity contribution >= 4 is 0 Å². The molecule has 2 aliphatic rings. The zero-order valence-electron chi connectivity index (χ0n) is 18.2. The summed E-state index contributed by atoms with van der Waals surface area (Å²) in [5.74, 6) is 1.10. The van der Waals surface area contributed by atoms with Gasteiger partial charge in [-0.3, -0.25) is 0 Å². The van der Waals surface area contributed by atoms with Crippen LogP contribution < -0.4 is 5.32 Å². The van der Waals surface area contributed by atoms with E-state index in [0.29, 0.717) is 18.3 Å². The Morgan fingerprint density at radius 2 is 2.14 bits per heavy atom. The van der Waals surface area contributed by atoms with E-state index in [1.54, 1.807) is 0 Å². The summed E-state index contributed by atoms with van der Waals surface area (Å²) in [6, 6.07) is 8.29. The van der Waals surface area contributed by atoms with Gasteiger partial charge in [0.05, 0.1) is 12.2 Å². The summed E-state index contributed by atoms with van der Waals surface area (Å²) in [5, 5.41) is 24.5. The van der Waals surface area contributed by atoms with Crippen LogP contribution >= 0.6 is 0 Å². The fourth-order valence-electron chi connectivity index (χ4n) is 4.91. The van der Waals surface area contributed by atoms with Crippen LogP contribution in [0.4, 0.5) is 0 Å². The van der Waals surface area contributed by atoms with Crippen LogP contribution in [0.5, 0.6) is 0 Å². The topological polar surface area (TPSA) is 55.7 Å². The maximum absolute atomic E-state index is 10.5. The molecule has 0 amide bonds. The minimum atomic E-state index is -0.504. The maximum Gasteiger partial charge on any atom is 0.0761 e. The quantitative estimate of drug-likeness (QED) is 0.419. The third-order valence-corrected chi connectivity index (χ3v) is 6.34. The molecule has 0 radical (unpaired) electrons. The summed E-state index contributed by atoms with van der Waals surface area (Å²) in [7, 11) is 4.22. The maximum atomic E-state index is 10.5. The number of aliphatic hydroxyl groups excluding tert-OH is 2. The molecule has 0 heterocycles. The molecule has 1 fully saturated rings. The van der Waals surface area contributed by atoms with Gasteiger partial charge in [-0.15, -0.1) is 0 Å². The summed E-state index contributed by atoms with van der Waals surface area (Å²) in [4.78, 5) is 2.21. The second kappa shape index (κ2) is 10.5. The molecule has 4 nitrogen and oxygen atoms in total. The molecule has 0 unspecified atom stereocenters. The number of benzene rings is 1. The summed E-state index contributed by atoms with van der Waals surface area (Å²) in [6.07, 6.45) is 9.26. The van der Waals surface area contributed by atoms with Gasteiger partial charge in [0.15, 0.2) is 0 Å². The Balaban J connectivity index is 1.47. The lowest BCUT2D eigenvalue weighted by atomic mass is 9.89. The first-order chi connectivity index (χ1) is 13.9. The Morgan fingerprint density at radius 3 is 2.90 bits per heavy atom. The molecule has 160 valence electrons. The molecule has 1 saturated carbocycles. The number of hydrogen-bond donors (Lipinski definition) is 3. The molecule has 1 aromatic carbocycles. The average Bonchev–Trinajstić information content (AvgIpc) is 3.16. The van der Waals surface area contributed by atoms with E-state index in [1.807, 2.05) is 12.1 Å². The third-order valence-electron chi connectivity index (χ3n) is 6.34. The lowest BCUT2D eigenvalue weighted by molar-refractivity contribution is 0.140. The lowest BCUT2D eigenvalue weighted by Crippen LogP contribution is -2.23. The van der Waals surface area contributed by atoms with Gasteiger partial charge in [0.1, 0.15) is 0 Å². The minimum absolute atomic E-state index is 0.148. The largest absolute Gasteiger partial charge is 0.392 e. The van der Waals surface area contributed by atoms with Crippen LogP contribution in [0.25, 0.3) is 0 Å². The zero-order valence-corrected chi connectivity index (χ0v) is 18.2. The number of nitrogens with zero attached hydrogens (tertiary/aromatic N) is 1. The monoisotopic (exact) mass is 398 g/mol. The van der Waals surface area contributed by atoms with Gasteiger partial charge in [0, 0.05) is 18.9 Å². The molecule has 29 heavy (non-hydrogen) atoms. The van der Waals surface area contributed by atoms with E-state index in [1.165, 1.54) is 11.1 Å². The normalized spacial score (nSPS) is 27.6. The number of aryl methyl sites for hydroxylation is 1. The predicted octanol–water partition coefficient (Wildman–Crippen LogP) is 2.94. The van der Waals surface area contributed by atoms with Gasteiger partial charge in [0.2, 0.25) is 0 Å². The van der Waals surface area contributed by atoms with E-state index in [0.717, 1.165) is 44.5 Å².